The monoisotopic (exact) mass is 354 g/mol. The van der Waals surface area contributed by atoms with Crippen LogP contribution in [0.1, 0.15) is 31.7 Å². The SMILES string of the molecule is C=C(CCCC)c1ccc2c(=O)cc(-c3ccc(O)cc3)oc2c1Cl. The van der Waals surface area contributed by atoms with E-state index in [1.54, 1.807) is 30.3 Å². The van der Waals surface area contributed by atoms with E-state index >= 15 is 0 Å². The van der Waals surface area contributed by atoms with Crippen molar-refractivity contribution in [3.8, 4) is 17.1 Å². The summed E-state index contributed by atoms with van der Waals surface area (Å²) in [5.41, 5.74) is 2.66. The van der Waals surface area contributed by atoms with Gasteiger partial charge < -0.3 is 9.52 Å². The standard InChI is InChI=1S/C21H19ClO3/c1-3-4-5-13(2)16-10-11-17-18(24)12-19(25-21(17)20(16)22)14-6-8-15(23)9-7-14/h6-12,23H,2-5H2,1H3. The van der Waals surface area contributed by atoms with E-state index in [9.17, 15) is 9.90 Å². The average molecular weight is 355 g/mol. The zero-order chi connectivity index (χ0) is 18.0. The Morgan fingerprint density at radius 1 is 1.20 bits per heavy atom. The van der Waals surface area contributed by atoms with Gasteiger partial charge in [-0.25, -0.2) is 0 Å². The number of benzene rings is 2. The molecule has 0 aliphatic carbocycles. The molecule has 4 heteroatoms. The molecule has 0 spiro atoms. The molecule has 128 valence electrons. The van der Waals surface area contributed by atoms with Gasteiger partial charge in [-0.2, -0.15) is 0 Å². The summed E-state index contributed by atoms with van der Waals surface area (Å²) in [6.45, 7) is 6.23. The molecule has 3 aromatic rings. The molecule has 3 rings (SSSR count). The number of allylic oxidation sites excluding steroid dienone is 1. The Balaban J connectivity index is 2.14. The maximum atomic E-state index is 12.5. The Morgan fingerprint density at radius 2 is 1.92 bits per heavy atom. The fourth-order valence-electron chi connectivity index (χ4n) is 2.75. The first-order valence-corrected chi connectivity index (χ1v) is 8.63. The summed E-state index contributed by atoms with van der Waals surface area (Å²) < 4.78 is 5.94. The summed E-state index contributed by atoms with van der Waals surface area (Å²) in [5, 5.41) is 10.3. The van der Waals surface area contributed by atoms with Crippen molar-refractivity contribution in [1.82, 2.24) is 0 Å². The molecule has 0 unspecified atom stereocenters. The fraction of sp³-hybridized carbons (Fsp3) is 0.190. The van der Waals surface area contributed by atoms with Crippen LogP contribution in [0, 0.1) is 0 Å². The number of hydrogen-bond acceptors (Lipinski definition) is 3. The van der Waals surface area contributed by atoms with Gasteiger partial charge in [-0.15, -0.1) is 0 Å². The number of phenols is 1. The predicted octanol–water partition coefficient (Wildman–Crippen LogP) is 6.02. The lowest BCUT2D eigenvalue weighted by molar-refractivity contribution is 0.475. The van der Waals surface area contributed by atoms with Crippen LogP contribution in [0.3, 0.4) is 0 Å². The Kier molecular flexibility index (Phi) is 4.95. The number of rotatable bonds is 5. The van der Waals surface area contributed by atoms with Crippen LogP contribution in [0.2, 0.25) is 5.02 Å². The minimum absolute atomic E-state index is 0.152. The molecule has 0 amide bonds. The molecule has 1 N–H and O–H groups in total. The molecule has 1 aromatic heterocycles. The number of fused-ring (bicyclic) bond motifs is 1. The van der Waals surface area contributed by atoms with Gasteiger partial charge in [0.15, 0.2) is 11.0 Å². The van der Waals surface area contributed by atoms with E-state index in [-0.39, 0.29) is 11.2 Å². The lowest BCUT2D eigenvalue weighted by Gasteiger charge is -2.10. The molecule has 0 radical (unpaired) electrons. The molecule has 0 atom stereocenters. The summed E-state index contributed by atoms with van der Waals surface area (Å²) >= 11 is 6.54. The van der Waals surface area contributed by atoms with Gasteiger partial charge >= 0.3 is 0 Å². The minimum atomic E-state index is -0.156. The zero-order valence-electron chi connectivity index (χ0n) is 14.0. The molecule has 0 aliphatic heterocycles. The molecule has 0 aliphatic rings. The Bertz CT molecular complexity index is 984. The van der Waals surface area contributed by atoms with Crippen molar-refractivity contribution in [2.24, 2.45) is 0 Å². The highest BCUT2D eigenvalue weighted by molar-refractivity contribution is 6.36. The zero-order valence-corrected chi connectivity index (χ0v) is 14.8. The highest BCUT2D eigenvalue weighted by Gasteiger charge is 2.14. The third kappa shape index (κ3) is 3.47. The molecular weight excluding hydrogens is 336 g/mol. The van der Waals surface area contributed by atoms with Gasteiger partial charge in [0.1, 0.15) is 11.5 Å². The number of unbranched alkanes of at least 4 members (excludes halogenated alkanes) is 1. The molecule has 0 fully saturated rings. The van der Waals surface area contributed by atoms with Crippen LogP contribution in [0.5, 0.6) is 5.75 Å². The van der Waals surface area contributed by atoms with Gasteiger partial charge in [-0.05, 0) is 54.3 Å². The molecule has 2 aromatic carbocycles. The Hall–Kier alpha value is -2.52. The number of phenolic OH excluding ortho intramolecular Hbond substituents is 1. The maximum absolute atomic E-state index is 12.5. The van der Waals surface area contributed by atoms with Crippen LogP contribution in [-0.4, -0.2) is 5.11 Å². The highest BCUT2D eigenvalue weighted by Crippen LogP contribution is 2.34. The predicted molar refractivity (Wildman–Crippen MR) is 103 cm³/mol. The number of hydrogen-bond donors (Lipinski definition) is 1. The largest absolute Gasteiger partial charge is 0.508 e. The van der Waals surface area contributed by atoms with Gasteiger partial charge in [0.2, 0.25) is 0 Å². The lowest BCUT2D eigenvalue weighted by Crippen LogP contribution is -2.01. The van der Waals surface area contributed by atoms with Crippen molar-refractivity contribution < 1.29 is 9.52 Å². The van der Waals surface area contributed by atoms with Crippen molar-refractivity contribution in [1.29, 1.82) is 0 Å². The van der Waals surface area contributed by atoms with Crippen LogP contribution in [0.4, 0.5) is 0 Å². The first kappa shape index (κ1) is 17.3. The second-order valence-electron chi connectivity index (χ2n) is 6.03. The van der Waals surface area contributed by atoms with Gasteiger partial charge in [0.25, 0.3) is 0 Å². The summed E-state index contributed by atoms with van der Waals surface area (Å²) in [6, 6.07) is 11.5. The molecular formula is C21H19ClO3. The topological polar surface area (TPSA) is 50.4 Å². The molecule has 0 bridgehead atoms. The van der Waals surface area contributed by atoms with E-state index in [0.29, 0.717) is 27.3 Å². The second-order valence-corrected chi connectivity index (χ2v) is 6.41. The van der Waals surface area contributed by atoms with E-state index in [2.05, 4.69) is 13.5 Å². The fourth-order valence-corrected chi connectivity index (χ4v) is 3.09. The van der Waals surface area contributed by atoms with E-state index in [1.165, 1.54) is 6.07 Å². The van der Waals surface area contributed by atoms with Crippen molar-refractivity contribution in [2.45, 2.75) is 26.2 Å². The number of aromatic hydroxyl groups is 1. The molecule has 0 saturated heterocycles. The summed E-state index contributed by atoms with van der Waals surface area (Å²) in [7, 11) is 0. The van der Waals surface area contributed by atoms with E-state index in [1.807, 2.05) is 6.07 Å². The van der Waals surface area contributed by atoms with E-state index < -0.39 is 0 Å². The first-order chi connectivity index (χ1) is 12.0. The summed E-state index contributed by atoms with van der Waals surface area (Å²) in [6.07, 6.45) is 2.96. The van der Waals surface area contributed by atoms with Crippen LogP contribution in [-0.2, 0) is 0 Å². The molecule has 25 heavy (non-hydrogen) atoms. The van der Waals surface area contributed by atoms with Crippen LogP contribution in [0.15, 0.2) is 58.3 Å². The molecule has 1 heterocycles. The van der Waals surface area contributed by atoms with E-state index in [0.717, 1.165) is 30.4 Å². The second kappa shape index (κ2) is 7.16. The van der Waals surface area contributed by atoms with Crippen molar-refractivity contribution in [3.05, 3.63) is 69.9 Å². The normalized spacial score (nSPS) is 11.0. The molecule has 0 saturated carbocycles. The average Bonchev–Trinajstić information content (AvgIpc) is 2.61. The Labute approximate surface area is 151 Å². The first-order valence-electron chi connectivity index (χ1n) is 8.25. The van der Waals surface area contributed by atoms with Gasteiger partial charge in [0.05, 0.1) is 10.4 Å². The van der Waals surface area contributed by atoms with Crippen LogP contribution < -0.4 is 5.43 Å². The number of halogens is 1. The van der Waals surface area contributed by atoms with Crippen LogP contribution >= 0.6 is 11.6 Å². The Morgan fingerprint density at radius 3 is 2.60 bits per heavy atom. The highest BCUT2D eigenvalue weighted by atomic mass is 35.5. The van der Waals surface area contributed by atoms with Crippen molar-refractivity contribution in [3.63, 3.8) is 0 Å². The minimum Gasteiger partial charge on any atom is -0.508 e. The van der Waals surface area contributed by atoms with Crippen LogP contribution in [0.25, 0.3) is 27.9 Å². The summed E-state index contributed by atoms with van der Waals surface area (Å²) in [5.74, 6) is 0.565. The quantitative estimate of drug-likeness (QED) is 0.609. The summed E-state index contributed by atoms with van der Waals surface area (Å²) in [4.78, 5) is 12.5. The smallest absolute Gasteiger partial charge is 0.193 e. The van der Waals surface area contributed by atoms with Crippen molar-refractivity contribution in [2.75, 3.05) is 0 Å². The van der Waals surface area contributed by atoms with Gasteiger partial charge in [-0.3, -0.25) is 4.79 Å². The van der Waals surface area contributed by atoms with E-state index in [4.69, 9.17) is 16.0 Å². The third-order valence-corrected chi connectivity index (χ3v) is 4.58. The lowest BCUT2D eigenvalue weighted by atomic mass is 10.0. The van der Waals surface area contributed by atoms with Crippen molar-refractivity contribution >= 4 is 28.1 Å². The van der Waals surface area contributed by atoms with Gasteiger partial charge in [-0.1, -0.05) is 37.6 Å². The third-order valence-electron chi connectivity index (χ3n) is 4.20. The maximum Gasteiger partial charge on any atom is 0.193 e. The molecule has 3 nitrogen and oxygen atoms in total. The van der Waals surface area contributed by atoms with Gasteiger partial charge in [0, 0.05) is 11.6 Å².